The summed E-state index contributed by atoms with van der Waals surface area (Å²) in [4.78, 5) is 31.7. The predicted octanol–water partition coefficient (Wildman–Crippen LogP) is 3.62. The molecule has 0 radical (unpaired) electrons. The number of aromatic nitrogens is 2. The van der Waals surface area contributed by atoms with Crippen molar-refractivity contribution in [3.05, 3.63) is 77.6 Å². The third kappa shape index (κ3) is 7.61. The van der Waals surface area contributed by atoms with Crippen LogP contribution in [0.1, 0.15) is 48.3 Å². The number of hydrogen-bond acceptors (Lipinski definition) is 6. The highest BCUT2D eigenvalue weighted by atomic mass is 19.1. The first-order chi connectivity index (χ1) is 17.0. The molecule has 4 rings (SSSR count). The summed E-state index contributed by atoms with van der Waals surface area (Å²) in [5, 5.41) is 9.62. The largest absolute Gasteiger partial charge is 0.456 e. The lowest BCUT2D eigenvalue weighted by Gasteiger charge is -2.17. The Morgan fingerprint density at radius 1 is 1.14 bits per heavy atom. The molecule has 0 atom stereocenters. The van der Waals surface area contributed by atoms with Crippen molar-refractivity contribution in [2.75, 3.05) is 11.9 Å². The summed E-state index contributed by atoms with van der Waals surface area (Å²) >= 11 is 0. The van der Waals surface area contributed by atoms with Gasteiger partial charge in [0.25, 0.3) is 5.91 Å². The van der Waals surface area contributed by atoms with Crippen LogP contribution in [0.2, 0.25) is 0 Å². The van der Waals surface area contributed by atoms with Gasteiger partial charge in [0.1, 0.15) is 22.8 Å². The predicted molar refractivity (Wildman–Crippen MR) is 133 cm³/mol. The van der Waals surface area contributed by atoms with Crippen molar-refractivity contribution < 1.29 is 23.8 Å². The lowest BCUT2D eigenvalue weighted by molar-refractivity contribution is -0.118. The van der Waals surface area contributed by atoms with E-state index in [0.717, 1.165) is 24.1 Å². The summed E-state index contributed by atoms with van der Waals surface area (Å²) in [6.07, 6.45) is 5.04. The number of carbonyl (C=O) groups excluding carboxylic acids is 2. The summed E-state index contributed by atoms with van der Waals surface area (Å²) in [5.41, 5.74) is 7.11. The number of amides is 2. The first kappa shape index (κ1) is 26.3. The Labute approximate surface area is 208 Å². The maximum absolute atomic E-state index is 12.6. The number of fused-ring (bicyclic) bond motifs is 1. The third-order valence-corrected chi connectivity index (χ3v) is 5.09. The fraction of sp³-hybridized carbons (Fsp3) is 0.259. The summed E-state index contributed by atoms with van der Waals surface area (Å²) < 4.78 is 17.9. The van der Waals surface area contributed by atoms with Crippen LogP contribution in [0.25, 0.3) is 0 Å². The number of carbonyl (C=O) groups is 2. The molecule has 3 heterocycles. The van der Waals surface area contributed by atoms with E-state index in [2.05, 4.69) is 21.8 Å². The molecule has 0 aliphatic carbocycles. The fourth-order valence-corrected chi connectivity index (χ4v) is 3.29. The van der Waals surface area contributed by atoms with Gasteiger partial charge in [-0.3, -0.25) is 14.6 Å². The van der Waals surface area contributed by atoms with Crippen LogP contribution in [-0.4, -0.2) is 39.5 Å². The van der Waals surface area contributed by atoms with E-state index >= 15 is 0 Å². The molecule has 9 heteroatoms. The summed E-state index contributed by atoms with van der Waals surface area (Å²) in [7, 11) is 1.81. The van der Waals surface area contributed by atoms with Gasteiger partial charge in [-0.15, -0.1) is 0 Å². The molecule has 36 heavy (non-hydrogen) atoms. The van der Waals surface area contributed by atoms with E-state index < -0.39 is 17.5 Å². The minimum atomic E-state index is -1.01. The molecule has 0 bridgehead atoms. The maximum Gasteiger partial charge on any atom is 0.267 e. The minimum Gasteiger partial charge on any atom is -0.456 e. The number of hydrogen-bond donors (Lipinski definition) is 2. The van der Waals surface area contributed by atoms with Crippen LogP contribution in [0.5, 0.6) is 11.5 Å². The molecule has 1 aliphatic rings. The van der Waals surface area contributed by atoms with Crippen LogP contribution < -0.4 is 15.4 Å². The number of nitrogens with two attached hydrogens (primary N) is 1. The van der Waals surface area contributed by atoms with E-state index in [1.807, 2.05) is 18.2 Å². The van der Waals surface area contributed by atoms with Crippen molar-refractivity contribution in [2.24, 2.45) is 5.73 Å². The van der Waals surface area contributed by atoms with Gasteiger partial charge in [-0.05, 0) is 62.6 Å². The maximum atomic E-state index is 12.6. The Morgan fingerprint density at radius 3 is 2.58 bits per heavy atom. The van der Waals surface area contributed by atoms with E-state index in [1.165, 1.54) is 36.2 Å². The van der Waals surface area contributed by atoms with Gasteiger partial charge in [0, 0.05) is 37.0 Å². The van der Waals surface area contributed by atoms with Gasteiger partial charge in [-0.1, -0.05) is 17.9 Å². The Kier molecular flexibility index (Phi) is 8.35. The van der Waals surface area contributed by atoms with Gasteiger partial charge in [0.05, 0.1) is 6.20 Å². The highest BCUT2D eigenvalue weighted by molar-refractivity contribution is 5.94. The highest BCUT2D eigenvalue weighted by Gasteiger charge is 2.18. The molecule has 1 aliphatic heterocycles. The highest BCUT2D eigenvalue weighted by Crippen LogP contribution is 2.27. The SMILES string of the molecule is CN1C(=O)CCCc2ccc(C#CC(C)(C)O)cc21.NC(=O)c1cc(Oc2ccc(F)nc2)ccn1. The van der Waals surface area contributed by atoms with E-state index in [-0.39, 0.29) is 11.6 Å². The second-order valence-electron chi connectivity index (χ2n) is 8.62. The second kappa shape index (κ2) is 11.4. The smallest absolute Gasteiger partial charge is 0.267 e. The molecular weight excluding hydrogens is 463 g/mol. The van der Waals surface area contributed by atoms with E-state index in [0.29, 0.717) is 17.9 Å². The molecule has 0 unspecified atom stereocenters. The Hall–Kier alpha value is -4.29. The molecule has 186 valence electrons. The molecule has 8 nitrogen and oxygen atoms in total. The van der Waals surface area contributed by atoms with E-state index in [1.54, 1.807) is 31.9 Å². The van der Waals surface area contributed by atoms with Gasteiger partial charge in [-0.25, -0.2) is 4.98 Å². The first-order valence-corrected chi connectivity index (χ1v) is 11.2. The molecule has 0 saturated carbocycles. The van der Waals surface area contributed by atoms with Gasteiger partial charge in [0.2, 0.25) is 11.9 Å². The van der Waals surface area contributed by atoms with Gasteiger partial charge in [0.15, 0.2) is 0 Å². The molecule has 2 amide bonds. The number of nitrogens with zero attached hydrogens (tertiary/aromatic N) is 3. The van der Waals surface area contributed by atoms with Crippen molar-refractivity contribution in [3.63, 3.8) is 0 Å². The lowest BCUT2D eigenvalue weighted by atomic mass is 10.0. The average molecular weight is 491 g/mol. The number of ether oxygens (including phenoxy) is 1. The molecule has 0 spiro atoms. The number of benzene rings is 1. The quantitative estimate of drug-likeness (QED) is 0.428. The van der Waals surface area contributed by atoms with Gasteiger partial charge < -0.3 is 20.5 Å². The average Bonchev–Trinajstić information content (AvgIpc) is 2.97. The number of aryl methyl sites for hydroxylation is 1. The van der Waals surface area contributed by atoms with Crippen molar-refractivity contribution in [2.45, 2.75) is 38.7 Å². The van der Waals surface area contributed by atoms with Crippen molar-refractivity contribution >= 4 is 17.5 Å². The molecule has 3 aromatic rings. The van der Waals surface area contributed by atoms with Gasteiger partial charge in [-0.2, -0.15) is 4.39 Å². The van der Waals surface area contributed by atoms with Gasteiger partial charge >= 0.3 is 0 Å². The number of aliphatic hydroxyl groups is 1. The Balaban J connectivity index is 0.000000202. The topological polar surface area (TPSA) is 119 Å². The number of pyridine rings is 2. The van der Waals surface area contributed by atoms with Crippen molar-refractivity contribution in [3.8, 4) is 23.3 Å². The van der Waals surface area contributed by atoms with Crippen LogP contribution in [0, 0.1) is 17.8 Å². The van der Waals surface area contributed by atoms with Crippen LogP contribution in [0.3, 0.4) is 0 Å². The zero-order valence-corrected chi connectivity index (χ0v) is 20.3. The minimum absolute atomic E-state index is 0.0950. The van der Waals surface area contributed by atoms with Crippen LogP contribution >= 0.6 is 0 Å². The normalized spacial score (nSPS) is 12.8. The summed E-state index contributed by atoms with van der Waals surface area (Å²) in [6.45, 7) is 3.30. The lowest BCUT2D eigenvalue weighted by Crippen LogP contribution is -2.25. The Bertz CT molecular complexity index is 1310. The van der Waals surface area contributed by atoms with Crippen LogP contribution in [-0.2, 0) is 11.2 Å². The van der Waals surface area contributed by atoms with Crippen molar-refractivity contribution in [1.82, 2.24) is 9.97 Å². The molecule has 0 saturated heterocycles. The first-order valence-electron chi connectivity index (χ1n) is 11.2. The third-order valence-electron chi connectivity index (χ3n) is 5.09. The van der Waals surface area contributed by atoms with E-state index in [9.17, 15) is 19.1 Å². The number of rotatable bonds is 3. The number of primary amides is 1. The Morgan fingerprint density at radius 2 is 1.92 bits per heavy atom. The van der Waals surface area contributed by atoms with E-state index in [4.69, 9.17) is 10.5 Å². The molecule has 3 N–H and O–H groups in total. The fourth-order valence-electron chi connectivity index (χ4n) is 3.29. The van der Waals surface area contributed by atoms with Crippen LogP contribution in [0.4, 0.5) is 10.1 Å². The molecule has 0 fully saturated rings. The zero-order chi connectivity index (χ0) is 26.3. The van der Waals surface area contributed by atoms with Crippen molar-refractivity contribution in [1.29, 1.82) is 0 Å². The second-order valence-corrected chi connectivity index (χ2v) is 8.62. The summed E-state index contributed by atoms with van der Waals surface area (Å²) in [6, 6.07) is 11.4. The number of anilines is 1. The summed E-state index contributed by atoms with van der Waals surface area (Å²) in [5.74, 6) is 5.38. The standard InChI is InChI=1S/C16H19NO2.C11H8FN3O2/c1-16(2,19)10-9-12-7-8-13-5-4-6-15(18)17(3)14(13)11-12;12-10-2-1-8(6-15-10)17-7-3-4-14-9(5-7)11(13)16/h7-8,11,19H,4-6H2,1-3H3;1-6H,(H2,13,16). The zero-order valence-electron chi connectivity index (χ0n) is 20.3. The molecular formula is C27H27FN4O4. The molecule has 1 aromatic carbocycles. The monoisotopic (exact) mass is 490 g/mol. The number of halogens is 1. The molecule has 2 aromatic heterocycles. The van der Waals surface area contributed by atoms with Crippen LogP contribution in [0.15, 0.2) is 54.9 Å².